The van der Waals surface area contributed by atoms with Gasteiger partial charge in [0.2, 0.25) is 9.84 Å². The molecule has 0 fully saturated rings. The van der Waals surface area contributed by atoms with Crippen LogP contribution in [0.4, 0.5) is 0 Å². The maximum atomic E-state index is 12.2. The summed E-state index contributed by atoms with van der Waals surface area (Å²) in [6, 6.07) is 4.82. The van der Waals surface area contributed by atoms with Crippen molar-refractivity contribution in [3.63, 3.8) is 0 Å². The zero-order valence-electron chi connectivity index (χ0n) is 9.77. The van der Waals surface area contributed by atoms with Crippen LogP contribution >= 0.6 is 0 Å². The summed E-state index contributed by atoms with van der Waals surface area (Å²) in [5.74, 6) is -0.175. The van der Waals surface area contributed by atoms with E-state index in [1.165, 1.54) is 6.07 Å². The molecule has 4 nitrogen and oxygen atoms in total. The molecule has 0 aromatic heterocycles. The molecule has 0 saturated heterocycles. The Bertz CT molecular complexity index is 575. The van der Waals surface area contributed by atoms with Crippen molar-refractivity contribution in [1.29, 1.82) is 0 Å². The van der Waals surface area contributed by atoms with Crippen LogP contribution in [0.15, 0.2) is 28.0 Å². The van der Waals surface area contributed by atoms with E-state index in [1.807, 2.05) is 6.92 Å². The van der Waals surface area contributed by atoms with E-state index in [0.29, 0.717) is 16.9 Å². The quantitative estimate of drug-likeness (QED) is 0.857. The van der Waals surface area contributed by atoms with Gasteiger partial charge in [0.1, 0.15) is 10.6 Å². The van der Waals surface area contributed by atoms with Crippen LogP contribution in [0.1, 0.15) is 18.9 Å². The Morgan fingerprint density at radius 2 is 2.12 bits per heavy atom. The highest BCUT2D eigenvalue weighted by atomic mass is 32.2. The molecule has 1 aromatic rings. The first kappa shape index (κ1) is 12.1. The topological polar surface area (TPSA) is 66.4 Å². The van der Waals surface area contributed by atoms with E-state index in [9.17, 15) is 13.5 Å². The van der Waals surface area contributed by atoms with E-state index in [1.54, 1.807) is 25.3 Å². The molecule has 1 unspecified atom stereocenters. The third-order valence-electron chi connectivity index (χ3n) is 2.96. The summed E-state index contributed by atoms with van der Waals surface area (Å²) in [5.41, 5.74) is 0.573. The summed E-state index contributed by atoms with van der Waals surface area (Å²) < 4.78 is 24.4. The summed E-state index contributed by atoms with van der Waals surface area (Å²) in [4.78, 5) is 0.397. The SMILES string of the molecule is CNC(C)CC1=Cc2cccc(O)c2S1(=O)=O. The second kappa shape index (κ2) is 4.16. The van der Waals surface area contributed by atoms with Crippen LogP contribution < -0.4 is 5.32 Å². The van der Waals surface area contributed by atoms with Crippen molar-refractivity contribution in [1.82, 2.24) is 5.32 Å². The third kappa shape index (κ3) is 1.96. The lowest BCUT2D eigenvalue weighted by atomic mass is 10.1. The summed E-state index contributed by atoms with van der Waals surface area (Å²) in [7, 11) is -1.72. The Morgan fingerprint density at radius 1 is 1.41 bits per heavy atom. The number of nitrogens with one attached hydrogen (secondary N) is 1. The predicted octanol–water partition coefficient (Wildman–Crippen LogP) is 1.52. The van der Waals surface area contributed by atoms with E-state index in [-0.39, 0.29) is 16.7 Å². The fourth-order valence-corrected chi connectivity index (χ4v) is 3.70. The minimum Gasteiger partial charge on any atom is -0.507 e. The van der Waals surface area contributed by atoms with E-state index in [0.717, 1.165) is 0 Å². The van der Waals surface area contributed by atoms with Gasteiger partial charge in [-0.2, -0.15) is 0 Å². The lowest BCUT2D eigenvalue weighted by molar-refractivity contribution is 0.459. The molecule has 0 amide bonds. The van der Waals surface area contributed by atoms with Gasteiger partial charge in [-0.1, -0.05) is 12.1 Å². The molecule has 0 radical (unpaired) electrons. The second-order valence-corrected chi connectivity index (χ2v) is 6.14. The fourth-order valence-electron chi connectivity index (χ4n) is 1.90. The molecule has 1 heterocycles. The van der Waals surface area contributed by atoms with Gasteiger partial charge in [-0.3, -0.25) is 0 Å². The lowest BCUT2D eigenvalue weighted by Gasteiger charge is -2.10. The average molecular weight is 253 g/mol. The normalized spacial score (nSPS) is 18.6. The molecule has 0 aliphatic carbocycles. The Balaban J connectivity index is 2.47. The van der Waals surface area contributed by atoms with Crippen LogP contribution in [0, 0.1) is 0 Å². The van der Waals surface area contributed by atoms with Crippen molar-refractivity contribution in [2.24, 2.45) is 0 Å². The molecule has 0 saturated carbocycles. The van der Waals surface area contributed by atoms with Crippen LogP contribution in [-0.2, 0) is 9.84 Å². The van der Waals surface area contributed by atoms with E-state index < -0.39 is 9.84 Å². The molecule has 92 valence electrons. The molecular formula is C12H15NO3S. The van der Waals surface area contributed by atoms with E-state index >= 15 is 0 Å². The maximum Gasteiger partial charge on any atom is 0.207 e. The monoisotopic (exact) mass is 253 g/mol. The maximum absolute atomic E-state index is 12.2. The van der Waals surface area contributed by atoms with Crippen molar-refractivity contribution in [3.05, 3.63) is 28.7 Å². The summed E-state index contributed by atoms with van der Waals surface area (Å²) in [6.45, 7) is 1.92. The second-order valence-electron chi connectivity index (χ2n) is 4.20. The molecule has 0 bridgehead atoms. The molecule has 5 heteroatoms. The molecule has 0 spiro atoms. The first-order chi connectivity index (χ1) is 7.96. The highest BCUT2D eigenvalue weighted by Crippen LogP contribution is 2.39. The van der Waals surface area contributed by atoms with E-state index in [4.69, 9.17) is 0 Å². The van der Waals surface area contributed by atoms with Crippen LogP contribution in [0.3, 0.4) is 0 Å². The number of hydrogen-bond acceptors (Lipinski definition) is 4. The van der Waals surface area contributed by atoms with Crippen molar-refractivity contribution >= 4 is 15.9 Å². The third-order valence-corrected chi connectivity index (χ3v) is 4.91. The number of phenols is 1. The Hall–Kier alpha value is -1.33. The van der Waals surface area contributed by atoms with Gasteiger partial charge in [-0.15, -0.1) is 0 Å². The average Bonchev–Trinajstić information content (AvgIpc) is 2.51. The zero-order chi connectivity index (χ0) is 12.6. The fraction of sp³-hybridized carbons (Fsp3) is 0.333. The molecular weight excluding hydrogens is 238 g/mol. The summed E-state index contributed by atoms with van der Waals surface area (Å²) in [5, 5.41) is 12.7. The van der Waals surface area contributed by atoms with Gasteiger partial charge in [-0.05, 0) is 38.1 Å². The minimum atomic E-state index is -3.51. The molecule has 1 atom stereocenters. The van der Waals surface area contributed by atoms with Crippen molar-refractivity contribution in [2.75, 3.05) is 7.05 Å². The van der Waals surface area contributed by atoms with Crippen molar-refractivity contribution in [2.45, 2.75) is 24.3 Å². The van der Waals surface area contributed by atoms with Crippen LogP contribution in [0.2, 0.25) is 0 Å². The molecule has 17 heavy (non-hydrogen) atoms. The Morgan fingerprint density at radius 3 is 2.71 bits per heavy atom. The number of aromatic hydroxyl groups is 1. The Kier molecular flexibility index (Phi) is 2.97. The van der Waals surface area contributed by atoms with Crippen LogP contribution in [0.5, 0.6) is 5.75 Å². The number of rotatable bonds is 3. The van der Waals surface area contributed by atoms with Gasteiger partial charge in [0.15, 0.2) is 0 Å². The number of phenolic OH excluding ortho intramolecular Hbond substituents is 1. The van der Waals surface area contributed by atoms with Crippen LogP contribution in [-0.4, -0.2) is 26.6 Å². The molecule has 1 aromatic carbocycles. The van der Waals surface area contributed by atoms with Crippen LogP contribution in [0.25, 0.3) is 6.08 Å². The van der Waals surface area contributed by atoms with E-state index in [2.05, 4.69) is 5.32 Å². The van der Waals surface area contributed by atoms with Gasteiger partial charge in [0, 0.05) is 6.04 Å². The lowest BCUT2D eigenvalue weighted by Crippen LogP contribution is -2.22. The van der Waals surface area contributed by atoms with Gasteiger partial charge in [-0.25, -0.2) is 8.42 Å². The van der Waals surface area contributed by atoms with Gasteiger partial charge in [0.05, 0.1) is 4.91 Å². The Labute approximate surface area is 101 Å². The summed E-state index contributed by atoms with van der Waals surface area (Å²) >= 11 is 0. The molecule has 1 aliphatic rings. The number of hydrogen-bond donors (Lipinski definition) is 2. The minimum absolute atomic E-state index is 0.0401. The van der Waals surface area contributed by atoms with Gasteiger partial charge >= 0.3 is 0 Å². The first-order valence-electron chi connectivity index (χ1n) is 5.41. The number of fused-ring (bicyclic) bond motifs is 1. The van der Waals surface area contributed by atoms with Crippen molar-refractivity contribution in [3.8, 4) is 5.75 Å². The standard InChI is InChI=1S/C12H15NO3S/c1-8(13-2)6-10-7-9-4-3-5-11(14)12(9)17(10,15)16/h3-5,7-8,13-14H,6H2,1-2H3. The first-order valence-corrected chi connectivity index (χ1v) is 6.90. The summed E-state index contributed by atoms with van der Waals surface area (Å²) in [6.07, 6.45) is 2.06. The predicted molar refractivity (Wildman–Crippen MR) is 66.4 cm³/mol. The molecule has 2 rings (SSSR count). The van der Waals surface area contributed by atoms with Crippen molar-refractivity contribution < 1.29 is 13.5 Å². The van der Waals surface area contributed by atoms with Gasteiger partial charge in [0.25, 0.3) is 0 Å². The largest absolute Gasteiger partial charge is 0.507 e. The molecule has 2 N–H and O–H groups in total. The zero-order valence-corrected chi connectivity index (χ0v) is 10.6. The smallest absolute Gasteiger partial charge is 0.207 e. The van der Waals surface area contributed by atoms with Gasteiger partial charge < -0.3 is 10.4 Å². The molecule has 1 aliphatic heterocycles. The highest BCUT2D eigenvalue weighted by molar-refractivity contribution is 7.96. The number of benzene rings is 1. The number of sulfone groups is 1. The highest BCUT2D eigenvalue weighted by Gasteiger charge is 2.32.